The topological polar surface area (TPSA) is 64.4 Å². The van der Waals surface area contributed by atoms with Gasteiger partial charge in [0.05, 0.1) is 17.3 Å². The van der Waals surface area contributed by atoms with Gasteiger partial charge in [-0.05, 0) is 66.4 Å². The molecule has 0 aliphatic carbocycles. The van der Waals surface area contributed by atoms with Gasteiger partial charge in [0.15, 0.2) is 5.58 Å². The summed E-state index contributed by atoms with van der Waals surface area (Å²) in [5.74, 6) is 1.27. The number of halogens is 1. The molecule has 0 fully saturated rings. The monoisotopic (exact) mass is 448 g/mol. The zero-order valence-electron chi connectivity index (χ0n) is 18.3. The summed E-state index contributed by atoms with van der Waals surface area (Å²) >= 11 is 6.36. The lowest BCUT2D eigenvalue weighted by Gasteiger charge is -2.10. The zero-order chi connectivity index (χ0) is 22.7. The quantitative estimate of drug-likeness (QED) is 0.322. The van der Waals surface area contributed by atoms with Crippen LogP contribution in [0.1, 0.15) is 49.0 Å². The van der Waals surface area contributed by atoms with Crippen LogP contribution in [0.3, 0.4) is 0 Å². The first-order valence-electron chi connectivity index (χ1n) is 10.7. The van der Waals surface area contributed by atoms with Crippen LogP contribution >= 0.6 is 11.6 Å². The maximum absolute atomic E-state index is 12.8. The van der Waals surface area contributed by atoms with E-state index in [1.165, 1.54) is 5.56 Å². The Morgan fingerprint density at radius 2 is 1.97 bits per heavy atom. The Balaban J connectivity index is 1.59. The number of oxazole rings is 1. The maximum atomic E-state index is 12.8. The summed E-state index contributed by atoms with van der Waals surface area (Å²) in [6, 6.07) is 18.4. The molecule has 0 bridgehead atoms. The van der Waals surface area contributed by atoms with Gasteiger partial charge < -0.3 is 14.5 Å². The van der Waals surface area contributed by atoms with Crippen molar-refractivity contribution in [1.29, 1.82) is 0 Å². The first-order valence-corrected chi connectivity index (χ1v) is 11.1. The highest BCUT2D eigenvalue weighted by Gasteiger charge is 2.14. The Morgan fingerprint density at radius 3 is 2.75 bits per heavy atom. The minimum atomic E-state index is -0.273. The van der Waals surface area contributed by atoms with Crippen molar-refractivity contribution in [2.75, 3.05) is 11.9 Å². The molecule has 1 amide bonds. The van der Waals surface area contributed by atoms with Crippen molar-refractivity contribution in [3.63, 3.8) is 0 Å². The second-order valence-electron chi connectivity index (χ2n) is 7.93. The SMILES string of the molecule is CCCOc1cccc(C(=O)Nc2cc(-c3nc4cc(C(C)C)ccc4o3)ccc2Cl)c1. The molecule has 0 aliphatic heterocycles. The molecule has 0 saturated carbocycles. The number of carbonyl (C=O) groups is 1. The lowest BCUT2D eigenvalue weighted by molar-refractivity contribution is 0.102. The highest BCUT2D eigenvalue weighted by Crippen LogP contribution is 2.31. The highest BCUT2D eigenvalue weighted by atomic mass is 35.5. The molecule has 0 aliphatic rings. The second kappa shape index (κ2) is 9.45. The van der Waals surface area contributed by atoms with Crippen LogP contribution in [-0.2, 0) is 0 Å². The van der Waals surface area contributed by atoms with Gasteiger partial charge in [-0.2, -0.15) is 0 Å². The van der Waals surface area contributed by atoms with E-state index in [2.05, 4.69) is 24.1 Å². The number of ether oxygens (including phenoxy) is 1. The fraction of sp³-hybridized carbons (Fsp3) is 0.231. The normalized spacial score (nSPS) is 11.2. The minimum absolute atomic E-state index is 0.273. The second-order valence-corrected chi connectivity index (χ2v) is 8.33. The van der Waals surface area contributed by atoms with Crippen LogP contribution in [-0.4, -0.2) is 17.5 Å². The van der Waals surface area contributed by atoms with Crippen LogP contribution in [0.5, 0.6) is 5.75 Å². The molecule has 0 atom stereocenters. The van der Waals surface area contributed by atoms with Crippen molar-refractivity contribution in [2.45, 2.75) is 33.1 Å². The Labute approximate surface area is 192 Å². The van der Waals surface area contributed by atoms with Crippen LogP contribution in [0.2, 0.25) is 5.02 Å². The van der Waals surface area contributed by atoms with Gasteiger partial charge in [-0.25, -0.2) is 4.98 Å². The number of rotatable bonds is 7. The first-order chi connectivity index (χ1) is 15.4. The third kappa shape index (κ3) is 4.78. The summed E-state index contributed by atoms with van der Waals surface area (Å²) in [4.78, 5) is 17.5. The highest BCUT2D eigenvalue weighted by molar-refractivity contribution is 6.34. The molecule has 0 unspecified atom stereocenters. The minimum Gasteiger partial charge on any atom is -0.494 e. The van der Waals surface area contributed by atoms with Crippen molar-refractivity contribution in [1.82, 2.24) is 4.98 Å². The van der Waals surface area contributed by atoms with Crippen LogP contribution < -0.4 is 10.1 Å². The number of nitrogens with one attached hydrogen (secondary N) is 1. The Hall–Kier alpha value is -3.31. The largest absolute Gasteiger partial charge is 0.494 e. The van der Waals surface area contributed by atoms with E-state index < -0.39 is 0 Å². The number of benzene rings is 3. The number of carbonyl (C=O) groups excluding carboxylic acids is 1. The fourth-order valence-corrected chi connectivity index (χ4v) is 3.49. The molecule has 0 spiro atoms. The third-order valence-electron chi connectivity index (χ3n) is 5.11. The van der Waals surface area contributed by atoms with Crippen molar-refractivity contribution in [3.8, 4) is 17.2 Å². The van der Waals surface area contributed by atoms with E-state index in [0.29, 0.717) is 46.0 Å². The van der Waals surface area contributed by atoms with E-state index in [-0.39, 0.29) is 5.91 Å². The Kier molecular flexibility index (Phi) is 6.47. The average molecular weight is 449 g/mol. The van der Waals surface area contributed by atoms with Crippen LogP contribution in [0.4, 0.5) is 5.69 Å². The smallest absolute Gasteiger partial charge is 0.255 e. The summed E-state index contributed by atoms with van der Waals surface area (Å²) in [6.07, 6.45) is 0.896. The van der Waals surface area contributed by atoms with Crippen LogP contribution in [0, 0.1) is 0 Å². The molecule has 1 aromatic heterocycles. The van der Waals surface area contributed by atoms with Gasteiger partial charge in [0.2, 0.25) is 5.89 Å². The molecule has 32 heavy (non-hydrogen) atoms. The van der Waals surface area contributed by atoms with Gasteiger partial charge in [0.25, 0.3) is 5.91 Å². The summed E-state index contributed by atoms with van der Waals surface area (Å²) in [6.45, 7) is 6.91. The van der Waals surface area contributed by atoms with E-state index in [9.17, 15) is 4.79 Å². The Bertz CT molecular complexity index is 1260. The molecule has 1 N–H and O–H groups in total. The number of nitrogens with zero attached hydrogens (tertiary/aromatic N) is 1. The standard InChI is InChI=1S/C26H25ClN2O3/c1-4-12-31-20-7-5-6-18(13-20)25(30)28-22-15-19(8-10-21(22)27)26-29-23-14-17(16(2)3)9-11-24(23)32-26/h5-11,13-16H,4,12H2,1-3H3,(H,28,30). The van der Waals surface area contributed by atoms with Crippen molar-refractivity contribution in [2.24, 2.45) is 0 Å². The number of amides is 1. The zero-order valence-corrected chi connectivity index (χ0v) is 19.1. The molecule has 1 heterocycles. The summed E-state index contributed by atoms with van der Waals surface area (Å²) < 4.78 is 11.6. The lowest BCUT2D eigenvalue weighted by Crippen LogP contribution is -2.12. The molecule has 164 valence electrons. The third-order valence-corrected chi connectivity index (χ3v) is 5.44. The van der Waals surface area contributed by atoms with E-state index in [1.807, 2.05) is 37.3 Å². The predicted octanol–water partition coefficient (Wildman–Crippen LogP) is 7.31. The predicted molar refractivity (Wildman–Crippen MR) is 129 cm³/mol. The van der Waals surface area contributed by atoms with Gasteiger partial charge in [-0.1, -0.05) is 44.5 Å². The van der Waals surface area contributed by atoms with Crippen LogP contribution in [0.15, 0.2) is 65.1 Å². The van der Waals surface area contributed by atoms with Gasteiger partial charge in [0.1, 0.15) is 11.3 Å². The van der Waals surface area contributed by atoms with Crippen molar-refractivity contribution >= 4 is 34.3 Å². The molecule has 4 aromatic rings. The maximum Gasteiger partial charge on any atom is 0.255 e. The van der Waals surface area contributed by atoms with E-state index in [1.54, 1.807) is 30.3 Å². The molecular weight excluding hydrogens is 424 g/mol. The van der Waals surface area contributed by atoms with Gasteiger partial charge in [-0.15, -0.1) is 0 Å². The van der Waals surface area contributed by atoms with Gasteiger partial charge >= 0.3 is 0 Å². The summed E-state index contributed by atoms with van der Waals surface area (Å²) in [5.41, 5.74) is 4.42. The average Bonchev–Trinajstić information content (AvgIpc) is 3.22. The van der Waals surface area contributed by atoms with Gasteiger partial charge in [-0.3, -0.25) is 4.79 Å². The van der Waals surface area contributed by atoms with Crippen molar-refractivity contribution in [3.05, 3.63) is 76.8 Å². The molecular formula is C26H25ClN2O3. The molecule has 0 saturated heterocycles. The summed E-state index contributed by atoms with van der Waals surface area (Å²) in [7, 11) is 0. The summed E-state index contributed by atoms with van der Waals surface area (Å²) in [5, 5.41) is 3.31. The fourth-order valence-electron chi connectivity index (χ4n) is 3.32. The number of anilines is 1. The molecule has 0 radical (unpaired) electrons. The van der Waals surface area contributed by atoms with Crippen molar-refractivity contribution < 1.29 is 13.9 Å². The van der Waals surface area contributed by atoms with Gasteiger partial charge in [0, 0.05) is 11.1 Å². The number of aromatic nitrogens is 1. The molecule has 5 nitrogen and oxygen atoms in total. The molecule has 3 aromatic carbocycles. The number of fused-ring (bicyclic) bond motifs is 1. The Morgan fingerprint density at radius 1 is 1.12 bits per heavy atom. The van der Waals surface area contributed by atoms with E-state index in [4.69, 9.17) is 20.8 Å². The lowest BCUT2D eigenvalue weighted by atomic mass is 10.0. The number of hydrogen-bond donors (Lipinski definition) is 1. The van der Waals surface area contributed by atoms with Crippen LogP contribution in [0.25, 0.3) is 22.6 Å². The number of hydrogen-bond acceptors (Lipinski definition) is 4. The van der Waals surface area contributed by atoms with E-state index >= 15 is 0 Å². The molecule has 4 rings (SSSR count). The molecule has 6 heteroatoms. The first kappa shape index (κ1) is 21.9. The van der Waals surface area contributed by atoms with E-state index in [0.717, 1.165) is 17.5 Å².